The van der Waals surface area contributed by atoms with E-state index < -0.39 is 0 Å². The van der Waals surface area contributed by atoms with Gasteiger partial charge in [-0.3, -0.25) is 4.79 Å². The van der Waals surface area contributed by atoms with E-state index >= 15 is 0 Å². The van der Waals surface area contributed by atoms with E-state index in [9.17, 15) is 4.79 Å². The summed E-state index contributed by atoms with van der Waals surface area (Å²) in [6.45, 7) is 1.52. The second-order valence-electron chi connectivity index (χ2n) is 5.51. The van der Waals surface area contributed by atoms with Gasteiger partial charge in [0.15, 0.2) is 0 Å². The lowest BCUT2D eigenvalue weighted by Crippen LogP contribution is -2.27. The van der Waals surface area contributed by atoms with E-state index in [4.69, 9.17) is 5.26 Å². The second kappa shape index (κ2) is 8.60. The number of anilines is 2. The van der Waals surface area contributed by atoms with Crippen LogP contribution in [0.1, 0.15) is 22.5 Å². The molecule has 0 spiro atoms. The van der Waals surface area contributed by atoms with Crippen molar-refractivity contribution in [3.8, 4) is 6.07 Å². The lowest BCUT2D eigenvalue weighted by atomic mass is 10.2. The maximum absolute atomic E-state index is 12.0. The van der Waals surface area contributed by atoms with Gasteiger partial charge >= 0.3 is 0 Å². The third kappa shape index (κ3) is 5.34. The Morgan fingerprint density at radius 3 is 2.54 bits per heavy atom. The Bertz CT molecular complexity index is 703. The SMILES string of the molecule is CN(C)CCCNC(=O)c1cnc(Nc2ccc(C#N)cc2)cn1. The molecule has 0 radical (unpaired) electrons. The summed E-state index contributed by atoms with van der Waals surface area (Å²) < 4.78 is 0. The molecule has 2 N–H and O–H groups in total. The number of carbonyl (C=O) groups excluding carboxylic acids is 1. The van der Waals surface area contributed by atoms with Crippen molar-refractivity contribution in [1.29, 1.82) is 5.26 Å². The Kier molecular flexibility index (Phi) is 6.23. The number of amides is 1. The van der Waals surface area contributed by atoms with Crippen molar-refractivity contribution in [2.75, 3.05) is 32.5 Å². The molecule has 1 heterocycles. The zero-order valence-corrected chi connectivity index (χ0v) is 13.8. The lowest BCUT2D eigenvalue weighted by molar-refractivity contribution is 0.0947. The van der Waals surface area contributed by atoms with Crippen LogP contribution < -0.4 is 10.6 Å². The molecule has 0 aliphatic rings. The van der Waals surface area contributed by atoms with E-state index in [1.165, 1.54) is 12.4 Å². The molecular weight excluding hydrogens is 304 g/mol. The van der Waals surface area contributed by atoms with Gasteiger partial charge in [0.2, 0.25) is 0 Å². The van der Waals surface area contributed by atoms with Crippen molar-refractivity contribution in [2.24, 2.45) is 0 Å². The fourth-order valence-corrected chi connectivity index (χ4v) is 1.97. The normalized spacial score (nSPS) is 10.2. The lowest BCUT2D eigenvalue weighted by Gasteiger charge is -2.10. The number of nitriles is 1. The summed E-state index contributed by atoms with van der Waals surface area (Å²) in [6.07, 6.45) is 3.82. The minimum atomic E-state index is -0.230. The van der Waals surface area contributed by atoms with Crippen LogP contribution in [-0.2, 0) is 0 Å². The van der Waals surface area contributed by atoms with Crippen molar-refractivity contribution < 1.29 is 4.79 Å². The van der Waals surface area contributed by atoms with Crippen LogP contribution in [0.5, 0.6) is 0 Å². The van der Waals surface area contributed by atoms with Gasteiger partial charge < -0.3 is 15.5 Å². The first-order valence-corrected chi connectivity index (χ1v) is 7.60. The second-order valence-corrected chi connectivity index (χ2v) is 5.51. The van der Waals surface area contributed by atoms with Gasteiger partial charge in [-0.2, -0.15) is 5.26 Å². The number of carbonyl (C=O) groups is 1. The van der Waals surface area contributed by atoms with Gasteiger partial charge in [0.25, 0.3) is 5.91 Å². The quantitative estimate of drug-likeness (QED) is 0.754. The first kappa shape index (κ1) is 17.4. The fraction of sp³-hybridized carbons (Fsp3) is 0.294. The molecule has 2 rings (SSSR count). The minimum absolute atomic E-state index is 0.230. The molecule has 0 saturated heterocycles. The molecule has 1 aromatic heterocycles. The fourth-order valence-electron chi connectivity index (χ4n) is 1.97. The molecule has 0 fully saturated rings. The molecule has 7 heteroatoms. The van der Waals surface area contributed by atoms with E-state index in [0.717, 1.165) is 18.7 Å². The van der Waals surface area contributed by atoms with Gasteiger partial charge in [0, 0.05) is 12.2 Å². The number of nitrogens with one attached hydrogen (secondary N) is 2. The van der Waals surface area contributed by atoms with Crippen molar-refractivity contribution >= 4 is 17.4 Å². The molecule has 0 saturated carbocycles. The molecule has 7 nitrogen and oxygen atoms in total. The summed E-state index contributed by atoms with van der Waals surface area (Å²) in [4.78, 5) is 22.3. The van der Waals surface area contributed by atoms with Gasteiger partial charge in [-0.05, 0) is 51.3 Å². The molecule has 2 aromatic rings. The highest BCUT2D eigenvalue weighted by Crippen LogP contribution is 2.14. The Morgan fingerprint density at radius 1 is 1.21 bits per heavy atom. The van der Waals surface area contributed by atoms with E-state index in [0.29, 0.717) is 17.9 Å². The van der Waals surface area contributed by atoms with Gasteiger partial charge in [0.05, 0.1) is 24.0 Å². The van der Waals surface area contributed by atoms with Crippen LogP contribution in [0.25, 0.3) is 0 Å². The smallest absolute Gasteiger partial charge is 0.271 e. The topological polar surface area (TPSA) is 93.9 Å². The van der Waals surface area contributed by atoms with Gasteiger partial charge in [-0.25, -0.2) is 9.97 Å². The standard InChI is InChI=1S/C17H20N6O/c1-23(2)9-3-8-19-17(24)15-11-21-16(12-20-15)22-14-6-4-13(10-18)5-7-14/h4-7,11-12H,3,8-9H2,1-2H3,(H,19,24)(H,21,22). The summed E-state index contributed by atoms with van der Waals surface area (Å²) in [6, 6.07) is 9.06. The molecule has 0 unspecified atom stereocenters. The van der Waals surface area contributed by atoms with Gasteiger partial charge in [-0.1, -0.05) is 0 Å². The molecule has 0 atom stereocenters. The minimum Gasteiger partial charge on any atom is -0.351 e. The molecule has 1 aromatic carbocycles. The molecule has 0 bridgehead atoms. The Hall–Kier alpha value is -2.98. The van der Waals surface area contributed by atoms with Crippen LogP contribution in [0.2, 0.25) is 0 Å². The third-order valence-electron chi connectivity index (χ3n) is 3.24. The summed E-state index contributed by atoms with van der Waals surface area (Å²) >= 11 is 0. The van der Waals surface area contributed by atoms with E-state index in [2.05, 4.69) is 31.6 Å². The highest BCUT2D eigenvalue weighted by atomic mass is 16.1. The number of aromatic nitrogens is 2. The number of hydrogen-bond acceptors (Lipinski definition) is 6. The molecular formula is C17H20N6O. The molecule has 0 aliphatic heterocycles. The number of benzene rings is 1. The van der Waals surface area contributed by atoms with Crippen LogP contribution in [0, 0.1) is 11.3 Å². The first-order chi connectivity index (χ1) is 11.6. The van der Waals surface area contributed by atoms with Crippen LogP contribution >= 0.6 is 0 Å². The average Bonchev–Trinajstić information content (AvgIpc) is 2.59. The monoisotopic (exact) mass is 324 g/mol. The Balaban J connectivity index is 1.87. The predicted octanol–water partition coefficient (Wildman–Crippen LogP) is 1.77. The zero-order chi connectivity index (χ0) is 17.4. The molecule has 0 aliphatic carbocycles. The van der Waals surface area contributed by atoms with Crippen LogP contribution in [0.4, 0.5) is 11.5 Å². The van der Waals surface area contributed by atoms with Crippen molar-refractivity contribution in [3.05, 3.63) is 47.9 Å². The van der Waals surface area contributed by atoms with E-state index in [1.807, 2.05) is 14.1 Å². The summed E-state index contributed by atoms with van der Waals surface area (Å²) in [5.74, 6) is 0.301. The average molecular weight is 324 g/mol. The number of nitrogens with zero attached hydrogens (tertiary/aromatic N) is 4. The number of rotatable bonds is 7. The van der Waals surface area contributed by atoms with Crippen LogP contribution in [0.3, 0.4) is 0 Å². The Morgan fingerprint density at radius 2 is 1.96 bits per heavy atom. The largest absolute Gasteiger partial charge is 0.351 e. The summed E-state index contributed by atoms with van der Waals surface area (Å²) in [5.41, 5.74) is 1.67. The Labute approximate surface area is 141 Å². The van der Waals surface area contributed by atoms with Crippen molar-refractivity contribution in [1.82, 2.24) is 20.2 Å². The highest BCUT2D eigenvalue weighted by Gasteiger charge is 2.07. The van der Waals surface area contributed by atoms with Crippen molar-refractivity contribution in [3.63, 3.8) is 0 Å². The maximum Gasteiger partial charge on any atom is 0.271 e. The number of hydrogen-bond donors (Lipinski definition) is 2. The first-order valence-electron chi connectivity index (χ1n) is 7.60. The van der Waals surface area contributed by atoms with Crippen LogP contribution in [-0.4, -0.2) is 48.0 Å². The van der Waals surface area contributed by atoms with Gasteiger partial charge in [-0.15, -0.1) is 0 Å². The third-order valence-corrected chi connectivity index (χ3v) is 3.24. The zero-order valence-electron chi connectivity index (χ0n) is 13.8. The maximum atomic E-state index is 12.0. The molecule has 24 heavy (non-hydrogen) atoms. The molecule has 124 valence electrons. The predicted molar refractivity (Wildman–Crippen MR) is 92.0 cm³/mol. The van der Waals surface area contributed by atoms with E-state index in [-0.39, 0.29) is 11.6 Å². The summed E-state index contributed by atoms with van der Waals surface area (Å²) in [5, 5.41) is 14.7. The van der Waals surface area contributed by atoms with Crippen LogP contribution in [0.15, 0.2) is 36.7 Å². The van der Waals surface area contributed by atoms with E-state index in [1.54, 1.807) is 24.3 Å². The highest BCUT2D eigenvalue weighted by molar-refractivity contribution is 5.92. The van der Waals surface area contributed by atoms with Gasteiger partial charge in [0.1, 0.15) is 11.5 Å². The summed E-state index contributed by atoms with van der Waals surface area (Å²) in [7, 11) is 3.99. The van der Waals surface area contributed by atoms with Crippen molar-refractivity contribution in [2.45, 2.75) is 6.42 Å². The molecule has 1 amide bonds.